The largest absolute Gasteiger partial charge is 0.357 e. The molecule has 5 heterocycles. The van der Waals surface area contributed by atoms with Crippen molar-refractivity contribution < 1.29 is 4.79 Å². The minimum atomic E-state index is -0.0634. The molecule has 1 fully saturated rings. The minimum absolute atomic E-state index is 0.0110. The number of hydrogen-bond donors (Lipinski definition) is 1. The van der Waals surface area contributed by atoms with Crippen molar-refractivity contribution in [2.75, 3.05) is 25.5 Å². The molecule has 0 aliphatic carbocycles. The molecule has 1 amide bonds. The van der Waals surface area contributed by atoms with Crippen LogP contribution in [0, 0.1) is 5.92 Å². The Labute approximate surface area is 173 Å². The summed E-state index contributed by atoms with van der Waals surface area (Å²) in [4.78, 5) is 40.2. The maximum atomic E-state index is 13.0. The Balaban J connectivity index is 1.45. The van der Waals surface area contributed by atoms with Crippen molar-refractivity contribution >= 4 is 11.9 Å². The molecule has 2 bridgehead atoms. The average molecular weight is 402 g/mol. The van der Waals surface area contributed by atoms with Gasteiger partial charge < -0.3 is 14.8 Å². The number of carbonyl (C=O) groups is 1. The first kappa shape index (κ1) is 18.5. The Bertz CT molecular complexity index is 1140. The third-order valence-corrected chi connectivity index (χ3v) is 5.96. The van der Waals surface area contributed by atoms with Crippen LogP contribution in [-0.4, -0.2) is 50.5 Å². The third-order valence-electron chi connectivity index (χ3n) is 5.96. The first-order valence-corrected chi connectivity index (χ1v) is 10.1. The highest BCUT2D eigenvalue weighted by Gasteiger charge is 2.37. The van der Waals surface area contributed by atoms with Gasteiger partial charge in [-0.25, -0.2) is 9.97 Å². The van der Waals surface area contributed by atoms with Crippen molar-refractivity contribution in [1.29, 1.82) is 0 Å². The number of aromatic nitrogens is 4. The highest BCUT2D eigenvalue weighted by atomic mass is 16.2. The summed E-state index contributed by atoms with van der Waals surface area (Å²) in [5, 5.41) is 2.86. The van der Waals surface area contributed by atoms with Crippen LogP contribution < -0.4 is 10.9 Å². The molecule has 0 radical (unpaired) electrons. The lowest BCUT2D eigenvalue weighted by atomic mass is 9.82. The second-order valence-corrected chi connectivity index (χ2v) is 7.91. The van der Waals surface area contributed by atoms with Gasteiger partial charge in [0.2, 0.25) is 5.95 Å². The summed E-state index contributed by atoms with van der Waals surface area (Å²) in [6, 6.07) is 7.59. The number of amides is 1. The normalized spacial score (nSPS) is 19.8. The Kier molecular flexibility index (Phi) is 4.54. The Morgan fingerprint density at radius 1 is 1.10 bits per heavy atom. The first-order chi connectivity index (χ1) is 14.6. The number of piperidine rings is 1. The van der Waals surface area contributed by atoms with Gasteiger partial charge in [-0.2, -0.15) is 0 Å². The van der Waals surface area contributed by atoms with Crippen molar-refractivity contribution in [2.45, 2.75) is 18.9 Å². The first-order valence-electron chi connectivity index (χ1n) is 10.1. The molecule has 1 saturated heterocycles. The van der Waals surface area contributed by atoms with Crippen molar-refractivity contribution in [2.24, 2.45) is 5.92 Å². The molecule has 0 unspecified atom stereocenters. The van der Waals surface area contributed by atoms with Crippen LogP contribution in [0.2, 0.25) is 0 Å². The molecule has 2 atom stereocenters. The van der Waals surface area contributed by atoms with E-state index in [1.165, 1.54) is 0 Å². The lowest BCUT2D eigenvalue weighted by molar-refractivity contribution is 0.0594. The number of nitrogens with zero attached hydrogens (tertiary/aromatic N) is 5. The smallest absolute Gasteiger partial charge is 0.257 e. The van der Waals surface area contributed by atoms with Gasteiger partial charge in [-0.15, -0.1) is 0 Å². The number of nitrogens with one attached hydrogen (secondary N) is 1. The minimum Gasteiger partial charge on any atom is -0.357 e. The zero-order valence-electron chi connectivity index (χ0n) is 16.7. The fraction of sp³-hybridized carbons (Fsp3) is 0.318. The van der Waals surface area contributed by atoms with Crippen LogP contribution in [0.3, 0.4) is 0 Å². The van der Waals surface area contributed by atoms with E-state index >= 15 is 0 Å². The summed E-state index contributed by atoms with van der Waals surface area (Å²) in [6.07, 6.45) is 7.59. The maximum Gasteiger partial charge on any atom is 0.257 e. The topological polar surface area (TPSA) is 93.0 Å². The van der Waals surface area contributed by atoms with Gasteiger partial charge >= 0.3 is 0 Å². The molecule has 8 heteroatoms. The Hall–Kier alpha value is -3.55. The van der Waals surface area contributed by atoms with Crippen LogP contribution in [0.4, 0.5) is 5.95 Å². The fourth-order valence-corrected chi connectivity index (χ4v) is 4.58. The van der Waals surface area contributed by atoms with Gasteiger partial charge in [-0.05, 0) is 30.0 Å². The standard InChI is InChI=1S/C22H22N6O2/c1-23-22-25-9-18(10-26-22)21(30)27-11-14-5-17(13-27)19-6-16(7-20(29)28(19)12-14)15-3-2-4-24-8-15/h2-4,6-10,14,17H,5,11-13H2,1H3,(H,23,25,26)/t14-,17+/m0/s1. The molecule has 1 N–H and O–H groups in total. The van der Waals surface area contributed by atoms with Crippen LogP contribution in [0.1, 0.15) is 28.4 Å². The molecule has 3 aromatic heterocycles. The molecule has 30 heavy (non-hydrogen) atoms. The maximum absolute atomic E-state index is 13.0. The van der Waals surface area contributed by atoms with Crippen LogP contribution in [0.25, 0.3) is 11.1 Å². The van der Waals surface area contributed by atoms with E-state index in [1.54, 1.807) is 37.9 Å². The second-order valence-electron chi connectivity index (χ2n) is 7.91. The zero-order valence-corrected chi connectivity index (χ0v) is 16.7. The molecule has 2 aliphatic heterocycles. The van der Waals surface area contributed by atoms with E-state index in [0.29, 0.717) is 31.1 Å². The number of carbonyl (C=O) groups excluding carboxylic acids is 1. The molecular weight excluding hydrogens is 380 g/mol. The number of likely N-dealkylation sites (tertiary alicyclic amines) is 1. The number of pyridine rings is 2. The summed E-state index contributed by atoms with van der Waals surface area (Å²) >= 11 is 0. The van der Waals surface area contributed by atoms with E-state index in [4.69, 9.17) is 0 Å². The van der Waals surface area contributed by atoms with Gasteiger partial charge in [-0.1, -0.05) is 6.07 Å². The van der Waals surface area contributed by atoms with Crippen molar-refractivity contribution in [3.63, 3.8) is 0 Å². The van der Waals surface area contributed by atoms with Gasteiger partial charge in [-0.3, -0.25) is 14.6 Å². The summed E-state index contributed by atoms with van der Waals surface area (Å²) in [7, 11) is 1.74. The van der Waals surface area contributed by atoms with Crippen LogP contribution >= 0.6 is 0 Å². The zero-order chi connectivity index (χ0) is 20.7. The fourth-order valence-electron chi connectivity index (χ4n) is 4.58. The summed E-state index contributed by atoms with van der Waals surface area (Å²) in [5.74, 6) is 0.813. The number of anilines is 1. The molecule has 0 aromatic carbocycles. The molecule has 0 spiro atoms. The van der Waals surface area contributed by atoms with Gasteiger partial charge in [0.15, 0.2) is 0 Å². The van der Waals surface area contributed by atoms with Crippen molar-refractivity contribution in [3.8, 4) is 11.1 Å². The quantitative estimate of drug-likeness (QED) is 0.720. The molecule has 0 saturated carbocycles. The monoisotopic (exact) mass is 402 g/mol. The average Bonchev–Trinajstić information content (AvgIpc) is 2.79. The molecule has 152 valence electrons. The van der Waals surface area contributed by atoms with E-state index in [9.17, 15) is 9.59 Å². The van der Waals surface area contributed by atoms with E-state index in [0.717, 1.165) is 23.2 Å². The Morgan fingerprint density at radius 2 is 1.93 bits per heavy atom. The molecule has 3 aromatic rings. The summed E-state index contributed by atoms with van der Waals surface area (Å²) in [5.41, 5.74) is 3.28. The molecular formula is C22H22N6O2. The van der Waals surface area contributed by atoms with Crippen LogP contribution in [-0.2, 0) is 6.54 Å². The van der Waals surface area contributed by atoms with Crippen molar-refractivity contribution in [3.05, 3.63) is 70.7 Å². The van der Waals surface area contributed by atoms with Gasteiger partial charge in [0.25, 0.3) is 11.5 Å². The third kappa shape index (κ3) is 3.24. The van der Waals surface area contributed by atoms with E-state index in [1.807, 2.05) is 21.6 Å². The van der Waals surface area contributed by atoms with E-state index in [2.05, 4.69) is 26.3 Å². The van der Waals surface area contributed by atoms with Gasteiger partial charge in [0, 0.05) is 74.7 Å². The highest BCUT2D eigenvalue weighted by Crippen LogP contribution is 2.36. The number of hydrogen-bond acceptors (Lipinski definition) is 6. The van der Waals surface area contributed by atoms with Crippen LogP contribution in [0.15, 0.2) is 53.8 Å². The SMILES string of the molecule is CNc1ncc(C(=O)N2C[C@@H]3C[C@H](C2)c2cc(-c4cccnc4)cc(=O)n2C3)cn1. The lowest BCUT2D eigenvalue weighted by Crippen LogP contribution is -2.49. The van der Waals surface area contributed by atoms with Gasteiger partial charge in [0.05, 0.1) is 5.56 Å². The highest BCUT2D eigenvalue weighted by molar-refractivity contribution is 5.93. The predicted octanol–water partition coefficient (Wildman–Crippen LogP) is 2.00. The number of rotatable bonds is 3. The Morgan fingerprint density at radius 3 is 2.67 bits per heavy atom. The molecule has 2 aliphatic rings. The predicted molar refractivity (Wildman–Crippen MR) is 112 cm³/mol. The van der Waals surface area contributed by atoms with Crippen molar-refractivity contribution in [1.82, 2.24) is 24.4 Å². The lowest BCUT2D eigenvalue weighted by Gasteiger charge is -2.43. The second kappa shape index (κ2) is 7.37. The number of fused-ring (bicyclic) bond motifs is 4. The molecule has 5 rings (SSSR count). The summed E-state index contributed by atoms with van der Waals surface area (Å²) in [6.45, 7) is 1.86. The van der Waals surface area contributed by atoms with Crippen LogP contribution in [0.5, 0.6) is 0 Å². The molecule has 8 nitrogen and oxygen atoms in total. The van der Waals surface area contributed by atoms with Gasteiger partial charge in [0.1, 0.15) is 0 Å². The summed E-state index contributed by atoms with van der Waals surface area (Å²) < 4.78 is 1.88. The van der Waals surface area contributed by atoms with E-state index in [-0.39, 0.29) is 23.3 Å². The van der Waals surface area contributed by atoms with E-state index < -0.39 is 0 Å².